The van der Waals surface area contributed by atoms with E-state index >= 15 is 0 Å². The summed E-state index contributed by atoms with van der Waals surface area (Å²) in [6.45, 7) is 7.13. The molecule has 0 amide bonds. The van der Waals surface area contributed by atoms with E-state index in [1.54, 1.807) is 0 Å². The second kappa shape index (κ2) is 5.38. The Hall–Kier alpha value is -0.910. The van der Waals surface area contributed by atoms with Gasteiger partial charge in [0.05, 0.1) is 38.2 Å². The molecule has 1 unspecified atom stereocenters. The lowest BCUT2D eigenvalue weighted by Crippen LogP contribution is -2.34. The highest BCUT2D eigenvalue weighted by atomic mass is 16.6. The van der Waals surface area contributed by atoms with Gasteiger partial charge >= 0.3 is 0 Å². The summed E-state index contributed by atoms with van der Waals surface area (Å²) >= 11 is 0. The van der Waals surface area contributed by atoms with Crippen LogP contribution in [0.2, 0.25) is 0 Å². The molecule has 1 N–H and O–H groups in total. The van der Waals surface area contributed by atoms with Crippen molar-refractivity contribution in [3.05, 3.63) is 17.2 Å². The number of fused-ring (bicyclic) bond motifs is 1. The molecule has 18 heavy (non-hydrogen) atoms. The number of ether oxygens (including phenoxy) is 2. The van der Waals surface area contributed by atoms with Crippen LogP contribution in [0, 0.1) is 0 Å². The Morgan fingerprint density at radius 2 is 2.39 bits per heavy atom. The maximum Gasteiger partial charge on any atom is 0.109 e. The monoisotopic (exact) mass is 251 g/mol. The lowest BCUT2D eigenvalue weighted by molar-refractivity contribution is -0.0940. The van der Waals surface area contributed by atoms with Gasteiger partial charge in [0, 0.05) is 31.6 Å². The number of rotatable bonds is 3. The average Bonchev–Trinajstić information content (AvgIpc) is 2.78. The maximum atomic E-state index is 5.75. The molecule has 1 saturated heterocycles. The van der Waals surface area contributed by atoms with E-state index in [0.29, 0.717) is 13.2 Å². The summed E-state index contributed by atoms with van der Waals surface area (Å²) in [5.74, 6) is 1.18. The molecular formula is C13H21N3O2. The summed E-state index contributed by atoms with van der Waals surface area (Å²) < 4.78 is 13.6. The molecule has 1 aromatic heterocycles. The van der Waals surface area contributed by atoms with E-state index in [9.17, 15) is 0 Å². The fourth-order valence-electron chi connectivity index (χ4n) is 2.76. The molecule has 5 heteroatoms. The zero-order valence-electron chi connectivity index (χ0n) is 10.9. The van der Waals surface area contributed by atoms with E-state index in [2.05, 4.69) is 16.8 Å². The first-order valence-corrected chi connectivity index (χ1v) is 6.85. The Kier molecular flexibility index (Phi) is 3.63. The number of imidazole rings is 1. The van der Waals surface area contributed by atoms with Crippen molar-refractivity contribution < 1.29 is 9.47 Å². The molecule has 1 aromatic rings. The topological polar surface area (TPSA) is 48.3 Å². The molecule has 1 fully saturated rings. The zero-order valence-corrected chi connectivity index (χ0v) is 10.9. The Labute approximate surface area is 107 Å². The first-order chi connectivity index (χ1) is 8.88. The van der Waals surface area contributed by atoms with E-state index < -0.39 is 0 Å². The van der Waals surface area contributed by atoms with Crippen LogP contribution < -0.4 is 5.32 Å². The molecule has 2 aliphatic rings. The number of nitrogens with one attached hydrogen (secondary N) is 1. The number of nitrogens with zero attached hydrogens (tertiary/aromatic N) is 2. The van der Waals surface area contributed by atoms with Gasteiger partial charge in [0.2, 0.25) is 0 Å². The van der Waals surface area contributed by atoms with Gasteiger partial charge in [0.1, 0.15) is 5.82 Å². The van der Waals surface area contributed by atoms with E-state index in [-0.39, 0.29) is 6.10 Å². The highest BCUT2D eigenvalue weighted by Crippen LogP contribution is 2.18. The van der Waals surface area contributed by atoms with Crippen LogP contribution in [0.4, 0.5) is 0 Å². The molecule has 3 heterocycles. The number of hydrogen-bond acceptors (Lipinski definition) is 4. The molecule has 2 aliphatic heterocycles. The third-order valence-corrected chi connectivity index (χ3v) is 3.65. The molecular weight excluding hydrogens is 230 g/mol. The SMILES string of the molecule is CCc1nc2c(n1CC1COCCO1)CCNC2. The van der Waals surface area contributed by atoms with Gasteiger partial charge < -0.3 is 19.4 Å². The fraction of sp³-hybridized carbons (Fsp3) is 0.769. The molecule has 0 spiro atoms. The minimum Gasteiger partial charge on any atom is -0.376 e. The first-order valence-electron chi connectivity index (χ1n) is 6.85. The summed E-state index contributed by atoms with van der Waals surface area (Å²) in [7, 11) is 0. The van der Waals surface area contributed by atoms with Crippen molar-refractivity contribution in [3.8, 4) is 0 Å². The van der Waals surface area contributed by atoms with Crippen LogP contribution in [0.1, 0.15) is 24.1 Å². The van der Waals surface area contributed by atoms with Gasteiger partial charge in [-0.05, 0) is 0 Å². The number of aryl methyl sites for hydroxylation is 1. The maximum absolute atomic E-state index is 5.75. The second-order valence-corrected chi connectivity index (χ2v) is 4.88. The molecule has 0 bridgehead atoms. The summed E-state index contributed by atoms with van der Waals surface area (Å²) in [5.41, 5.74) is 2.61. The van der Waals surface area contributed by atoms with Crippen LogP contribution in [0.25, 0.3) is 0 Å². The van der Waals surface area contributed by atoms with Gasteiger partial charge in [-0.2, -0.15) is 0 Å². The van der Waals surface area contributed by atoms with Gasteiger partial charge in [-0.1, -0.05) is 6.92 Å². The zero-order chi connectivity index (χ0) is 12.4. The Bertz CT molecular complexity index is 411. The summed E-state index contributed by atoms with van der Waals surface area (Å²) in [6.07, 6.45) is 2.22. The van der Waals surface area contributed by atoms with Crippen molar-refractivity contribution in [2.75, 3.05) is 26.4 Å². The normalized spacial score (nSPS) is 23.9. The van der Waals surface area contributed by atoms with E-state index in [1.165, 1.54) is 17.2 Å². The first kappa shape index (κ1) is 12.1. The average molecular weight is 251 g/mol. The van der Waals surface area contributed by atoms with Crippen LogP contribution in [-0.2, 0) is 35.4 Å². The summed E-state index contributed by atoms with van der Waals surface area (Å²) in [4.78, 5) is 4.74. The second-order valence-electron chi connectivity index (χ2n) is 4.88. The smallest absolute Gasteiger partial charge is 0.109 e. The summed E-state index contributed by atoms with van der Waals surface area (Å²) in [5, 5.41) is 3.38. The van der Waals surface area contributed by atoms with Crippen molar-refractivity contribution in [3.63, 3.8) is 0 Å². The number of aromatic nitrogens is 2. The third-order valence-electron chi connectivity index (χ3n) is 3.65. The quantitative estimate of drug-likeness (QED) is 0.850. The molecule has 0 aliphatic carbocycles. The molecule has 0 radical (unpaired) electrons. The van der Waals surface area contributed by atoms with Crippen LogP contribution >= 0.6 is 0 Å². The van der Waals surface area contributed by atoms with Crippen molar-refractivity contribution >= 4 is 0 Å². The predicted octanol–water partition coefficient (Wildman–Crippen LogP) is 0.507. The molecule has 1 atom stereocenters. The molecule has 0 aromatic carbocycles. The Morgan fingerprint density at radius 1 is 1.44 bits per heavy atom. The van der Waals surface area contributed by atoms with E-state index in [4.69, 9.17) is 14.5 Å². The van der Waals surface area contributed by atoms with Crippen LogP contribution in [0.5, 0.6) is 0 Å². The minimum absolute atomic E-state index is 0.178. The van der Waals surface area contributed by atoms with Gasteiger partial charge in [0.15, 0.2) is 0 Å². The minimum atomic E-state index is 0.178. The van der Waals surface area contributed by atoms with Crippen molar-refractivity contribution in [2.45, 2.75) is 39.0 Å². The highest BCUT2D eigenvalue weighted by Gasteiger charge is 2.22. The third kappa shape index (κ3) is 2.30. The van der Waals surface area contributed by atoms with Crippen molar-refractivity contribution in [1.82, 2.24) is 14.9 Å². The molecule has 0 saturated carbocycles. The van der Waals surface area contributed by atoms with Gasteiger partial charge in [-0.25, -0.2) is 4.98 Å². The van der Waals surface area contributed by atoms with Crippen molar-refractivity contribution in [2.24, 2.45) is 0 Å². The van der Waals surface area contributed by atoms with Gasteiger partial charge in [0.25, 0.3) is 0 Å². The predicted molar refractivity (Wildman–Crippen MR) is 67.6 cm³/mol. The largest absolute Gasteiger partial charge is 0.376 e. The van der Waals surface area contributed by atoms with E-state index in [0.717, 1.165) is 39.1 Å². The fourth-order valence-corrected chi connectivity index (χ4v) is 2.76. The summed E-state index contributed by atoms with van der Waals surface area (Å²) in [6, 6.07) is 0. The van der Waals surface area contributed by atoms with Gasteiger partial charge in [-0.3, -0.25) is 0 Å². The molecule has 5 nitrogen and oxygen atoms in total. The van der Waals surface area contributed by atoms with Crippen LogP contribution in [0.15, 0.2) is 0 Å². The van der Waals surface area contributed by atoms with E-state index in [1.807, 2.05) is 0 Å². The Morgan fingerprint density at radius 3 is 3.17 bits per heavy atom. The highest BCUT2D eigenvalue weighted by molar-refractivity contribution is 5.20. The molecule has 100 valence electrons. The number of hydrogen-bond donors (Lipinski definition) is 1. The lowest BCUT2D eigenvalue weighted by Gasteiger charge is -2.25. The van der Waals surface area contributed by atoms with Crippen molar-refractivity contribution in [1.29, 1.82) is 0 Å². The Balaban J connectivity index is 1.82. The standard InChI is InChI=1S/C13H21N3O2/c1-2-13-15-11-7-14-4-3-12(11)16(13)8-10-9-17-5-6-18-10/h10,14H,2-9H2,1H3. The van der Waals surface area contributed by atoms with Crippen LogP contribution in [0.3, 0.4) is 0 Å². The van der Waals surface area contributed by atoms with Gasteiger partial charge in [-0.15, -0.1) is 0 Å². The lowest BCUT2D eigenvalue weighted by atomic mass is 10.2. The van der Waals surface area contributed by atoms with Crippen LogP contribution in [-0.4, -0.2) is 42.0 Å². The molecule has 3 rings (SSSR count).